The third-order valence-electron chi connectivity index (χ3n) is 5.12. The molecule has 2 heterocycles. The van der Waals surface area contributed by atoms with Gasteiger partial charge in [-0.2, -0.15) is 0 Å². The number of halogens is 2. The van der Waals surface area contributed by atoms with Gasteiger partial charge in [-0.15, -0.1) is 0 Å². The second-order valence-electron chi connectivity index (χ2n) is 7.22. The van der Waals surface area contributed by atoms with Crippen molar-refractivity contribution in [2.45, 2.75) is 6.54 Å². The van der Waals surface area contributed by atoms with Gasteiger partial charge >= 0.3 is 0 Å². The number of nitrogens with zero attached hydrogens (tertiary/aromatic N) is 3. The zero-order chi connectivity index (χ0) is 20.2. The minimum absolute atomic E-state index is 0.0770. The molecule has 1 saturated heterocycles. The predicted molar refractivity (Wildman–Crippen MR) is 113 cm³/mol. The summed E-state index contributed by atoms with van der Waals surface area (Å²) < 4.78 is 14.0. The first-order valence-corrected chi connectivity index (χ1v) is 9.98. The number of nitrogens with one attached hydrogen (secondary N) is 1. The van der Waals surface area contributed by atoms with Gasteiger partial charge in [-0.05, 0) is 35.9 Å². The van der Waals surface area contributed by atoms with Gasteiger partial charge in [-0.3, -0.25) is 19.6 Å². The summed E-state index contributed by atoms with van der Waals surface area (Å²) in [5.41, 5.74) is 2.37. The number of para-hydroxylation sites is 1. The first-order valence-electron chi connectivity index (χ1n) is 9.61. The number of fused-ring (bicyclic) bond motifs is 1. The smallest absolute Gasteiger partial charge is 0.238 e. The topological polar surface area (TPSA) is 48.5 Å². The Morgan fingerprint density at radius 2 is 1.83 bits per heavy atom. The van der Waals surface area contributed by atoms with Crippen molar-refractivity contribution in [3.05, 3.63) is 71.1 Å². The Morgan fingerprint density at radius 3 is 2.62 bits per heavy atom. The fraction of sp³-hybridized carbons (Fsp3) is 0.273. The molecule has 150 valence electrons. The molecule has 0 aliphatic carbocycles. The Kier molecular flexibility index (Phi) is 6.04. The molecule has 0 spiro atoms. The maximum Gasteiger partial charge on any atom is 0.238 e. The molecule has 0 radical (unpaired) electrons. The van der Waals surface area contributed by atoms with Crippen LogP contribution in [0.4, 0.5) is 10.1 Å². The SMILES string of the molecule is O=C(CN1CCN(Cc2cc(F)cc3cccnc23)CC1)Nc1ccccc1Cl. The molecule has 1 N–H and O–H groups in total. The molecule has 4 rings (SSSR count). The summed E-state index contributed by atoms with van der Waals surface area (Å²) in [5, 5.41) is 4.21. The molecular weight excluding hydrogens is 391 g/mol. The minimum atomic E-state index is -0.240. The van der Waals surface area contributed by atoms with Crippen molar-refractivity contribution in [1.82, 2.24) is 14.8 Å². The highest BCUT2D eigenvalue weighted by Gasteiger charge is 2.20. The molecule has 1 aliphatic rings. The van der Waals surface area contributed by atoms with E-state index in [0.717, 1.165) is 42.6 Å². The first-order chi connectivity index (χ1) is 14.1. The molecule has 0 atom stereocenters. The fourth-order valence-electron chi connectivity index (χ4n) is 3.65. The van der Waals surface area contributed by atoms with Crippen molar-refractivity contribution in [2.24, 2.45) is 0 Å². The number of carbonyl (C=O) groups excluding carboxylic acids is 1. The number of amides is 1. The summed E-state index contributed by atoms with van der Waals surface area (Å²) in [6.07, 6.45) is 1.74. The monoisotopic (exact) mass is 412 g/mol. The fourth-order valence-corrected chi connectivity index (χ4v) is 3.83. The zero-order valence-electron chi connectivity index (χ0n) is 15.9. The van der Waals surface area contributed by atoms with Gasteiger partial charge in [0.2, 0.25) is 5.91 Å². The Balaban J connectivity index is 1.32. The van der Waals surface area contributed by atoms with Crippen LogP contribution in [0.25, 0.3) is 10.9 Å². The van der Waals surface area contributed by atoms with Gasteiger partial charge in [0.15, 0.2) is 0 Å². The van der Waals surface area contributed by atoms with Gasteiger partial charge in [-0.1, -0.05) is 29.8 Å². The van der Waals surface area contributed by atoms with Crippen molar-refractivity contribution in [1.29, 1.82) is 0 Å². The summed E-state index contributed by atoms with van der Waals surface area (Å²) in [4.78, 5) is 21.1. The van der Waals surface area contributed by atoms with Crippen molar-refractivity contribution in [3.8, 4) is 0 Å². The lowest BCUT2D eigenvalue weighted by Gasteiger charge is -2.34. The summed E-state index contributed by atoms with van der Waals surface area (Å²) in [5.74, 6) is -0.317. The van der Waals surface area contributed by atoms with Crippen molar-refractivity contribution in [2.75, 3.05) is 38.0 Å². The second kappa shape index (κ2) is 8.86. The summed E-state index contributed by atoms with van der Waals surface area (Å²) >= 11 is 6.09. The molecular formula is C22H22ClFN4O. The van der Waals surface area contributed by atoms with Crippen LogP contribution >= 0.6 is 11.6 Å². The number of piperazine rings is 1. The van der Waals surface area contributed by atoms with Crippen molar-refractivity contribution < 1.29 is 9.18 Å². The van der Waals surface area contributed by atoms with Gasteiger partial charge in [0, 0.05) is 44.3 Å². The molecule has 5 nitrogen and oxygen atoms in total. The summed E-state index contributed by atoms with van der Waals surface area (Å²) in [6.45, 7) is 4.14. The normalized spacial score (nSPS) is 15.5. The molecule has 0 unspecified atom stereocenters. The van der Waals surface area contributed by atoms with Gasteiger partial charge in [0.1, 0.15) is 5.82 Å². The number of hydrogen-bond acceptors (Lipinski definition) is 4. The van der Waals surface area contributed by atoms with Gasteiger partial charge in [-0.25, -0.2) is 4.39 Å². The van der Waals surface area contributed by atoms with Crippen LogP contribution in [0.2, 0.25) is 5.02 Å². The quantitative estimate of drug-likeness (QED) is 0.692. The van der Waals surface area contributed by atoms with Crippen LogP contribution in [-0.4, -0.2) is 53.4 Å². The average Bonchev–Trinajstić information content (AvgIpc) is 2.71. The maximum absolute atomic E-state index is 14.0. The maximum atomic E-state index is 14.0. The van der Waals surface area contributed by atoms with Crippen LogP contribution in [0.3, 0.4) is 0 Å². The van der Waals surface area contributed by atoms with E-state index < -0.39 is 0 Å². The second-order valence-corrected chi connectivity index (χ2v) is 7.63. The van der Waals surface area contributed by atoms with Crippen LogP contribution in [-0.2, 0) is 11.3 Å². The van der Waals surface area contributed by atoms with E-state index in [1.807, 2.05) is 24.3 Å². The lowest BCUT2D eigenvalue weighted by molar-refractivity contribution is -0.117. The molecule has 7 heteroatoms. The van der Waals surface area contributed by atoms with Gasteiger partial charge in [0.25, 0.3) is 0 Å². The van der Waals surface area contributed by atoms with E-state index in [1.165, 1.54) is 6.07 Å². The van der Waals surface area contributed by atoms with E-state index in [2.05, 4.69) is 20.1 Å². The Bertz CT molecular complexity index is 1020. The van der Waals surface area contributed by atoms with Crippen molar-refractivity contribution >= 4 is 34.1 Å². The standard InChI is InChI=1S/C22H22ClFN4O/c23-19-5-1-2-6-20(19)26-21(29)15-28-10-8-27(9-11-28)14-17-13-18(24)12-16-4-3-7-25-22(16)17/h1-7,12-13H,8-11,14-15H2,(H,26,29). The minimum Gasteiger partial charge on any atom is -0.324 e. The van der Waals surface area contributed by atoms with E-state index in [-0.39, 0.29) is 11.7 Å². The van der Waals surface area contributed by atoms with E-state index in [4.69, 9.17) is 11.6 Å². The first kappa shape index (κ1) is 19.8. The third-order valence-corrected chi connectivity index (χ3v) is 5.45. The number of aromatic nitrogens is 1. The number of carbonyl (C=O) groups is 1. The van der Waals surface area contributed by atoms with E-state index in [1.54, 1.807) is 24.4 Å². The Morgan fingerprint density at radius 1 is 1.07 bits per heavy atom. The number of hydrogen-bond donors (Lipinski definition) is 1. The van der Waals surface area contributed by atoms with Crippen molar-refractivity contribution in [3.63, 3.8) is 0 Å². The average molecular weight is 413 g/mol. The molecule has 0 saturated carbocycles. The summed E-state index contributed by atoms with van der Waals surface area (Å²) in [6, 6.07) is 14.0. The van der Waals surface area contributed by atoms with Crippen LogP contribution < -0.4 is 5.32 Å². The highest BCUT2D eigenvalue weighted by Crippen LogP contribution is 2.22. The summed E-state index contributed by atoms with van der Waals surface area (Å²) in [7, 11) is 0. The lowest BCUT2D eigenvalue weighted by Crippen LogP contribution is -2.48. The van der Waals surface area contributed by atoms with E-state index in [9.17, 15) is 9.18 Å². The van der Waals surface area contributed by atoms with Crippen LogP contribution in [0.5, 0.6) is 0 Å². The lowest BCUT2D eigenvalue weighted by atomic mass is 10.1. The molecule has 2 aromatic carbocycles. The molecule has 3 aromatic rings. The third kappa shape index (κ3) is 4.90. The van der Waals surface area contributed by atoms with Gasteiger partial charge < -0.3 is 5.32 Å². The predicted octanol–water partition coefficient (Wildman–Crippen LogP) is 3.78. The number of pyridine rings is 1. The van der Waals surface area contributed by atoms with E-state index in [0.29, 0.717) is 23.8 Å². The highest BCUT2D eigenvalue weighted by atomic mass is 35.5. The van der Waals surface area contributed by atoms with Crippen LogP contribution in [0.15, 0.2) is 54.7 Å². The molecule has 0 bridgehead atoms. The number of benzene rings is 2. The van der Waals surface area contributed by atoms with Crippen LogP contribution in [0, 0.1) is 5.82 Å². The number of anilines is 1. The molecule has 1 fully saturated rings. The molecule has 1 aromatic heterocycles. The zero-order valence-corrected chi connectivity index (χ0v) is 16.7. The number of rotatable bonds is 5. The Hall–Kier alpha value is -2.54. The molecule has 1 amide bonds. The Labute approximate surface area is 174 Å². The van der Waals surface area contributed by atoms with Crippen LogP contribution in [0.1, 0.15) is 5.56 Å². The largest absolute Gasteiger partial charge is 0.324 e. The molecule has 29 heavy (non-hydrogen) atoms. The molecule has 1 aliphatic heterocycles. The van der Waals surface area contributed by atoms with Gasteiger partial charge in [0.05, 0.1) is 22.8 Å². The highest BCUT2D eigenvalue weighted by molar-refractivity contribution is 6.33. The van der Waals surface area contributed by atoms with E-state index >= 15 is 0 Å².